The van der Waals surface area contributed by atoms with Crippen molar-refractivity contribution in [1.29, 1.82) is 0 Å². The molecule has 1 N–H and O–H groups in total. The molecule has 0 spiro atoms. The summed E-state index contributed by atoms with van der Waals surface area (Å²) in [6, 6.07) is 5.24. The summed E-state index contributed by atoms with van der Waals surface area (Å²) in [5, 5.41) is 3.42. The van der Waals surface area contributed by atoms with E-state index >= 15 is 0 Å². The van der Waals surface area contributed by atoms with Gasteiger partial charge >= 0.3 is 0 Å². The monoisotopic (exact) mass is 275 g/mol. The van der Waals surface area contributed by atoms with Gasteiger partial charge in [-0.15, -0.1) is 0 Å². The Kier molecular flexibility index (Phi) is 3.47. The van der Waals surface area contributed by atoms with Gasteiger partial charge in [0.25, 0.3) is 0 Å². The third-order valence-corrected chi connectivity index (χ3v) is 4.01. The van der Waals surface area contributed by atoms with Crippen LogP contribution in [-0.4, -0.2) is 18.1 Å². The maximum atomic E-state index is 12.9. The van der Waals surface area contributed by atoms with E-state index in [1.165, 1.54) is 12.1 Å². The Labute approximate surface area is 95.6 Å². The lowest BCUT2D eigenvalue weighted by Crippen LogP contribution is -2.30. The predicted molar refractivity (Wildman–Crippen MR) is 62.2 cm³/mol. The minimum atomic E-state index is -0.191. The summed E-state index contributed by atoms with van der Waals surface area (Å²) in [6.45, 7) is 1.03. The molecule has 0 aromatic heterocycles. The zero-order valence-corrected chi connectivity index (χ0v) is 10.00. The molecule has 1 aliphatic rings. The van der Waals surface area contributed by atoms with Crippen molar-refractivity contribution < 1.29 is 4.39 Å². The molecule has 1 aromatic carbocycles. The Morgan fingerprint density at radius 3 is 3.00 bits per heavy atom. The Balaban J connectivity index is 2.22. The van der Waals surface area contributed by atoms with E-state index in [1.54, 1.807) is 0 Å². The van der Waals surface area contributed by atoms with Crippen LogP contribution < -0.4 is 5.32 Å². The quantitative estimate of drug-likeness (QED) is 0.846. The van der Waals surface area contributed by atoms with E-state index < -0.39 is 0 Å². The van der Waals surface area contributed by atoms with Gasteiger partial charge in [0, 0.05) is 28.6 Å². The first-order chi connectivity index (χ1) is 6.77. The molecular weight excluding hydrogens is 265 g/mol. The lowest BCUT2D eigenvalue weighted by atomic mass is 10.1. The molecule has 1 unspecified atom stereocenters. The normalized spacial score (nSPS) is 22.3. The molecule has 0 saturated carbocycles. The molecule has 1 saturated heterocycles. The van der Waals surface area contributed by atoms with Crippen molar-refractivity contribution in [2.75, 3.05) is 18.1 Å². The third kappa shape index (κ3) is 2.30. The first kappa shape index (κ1) is 10.5. The second kappa shape index (κ2) is 4.64. The van der Waals surface area contributed by atoms with Crippen molar-refractivity contribution >= 4 is 27.7 Å². The molecule has 0 bridgehead atoms. The fraction of sp³-hybridized carbons (Fsp3) is 0.400. The summed E-state index contributed by atoms with van der Waals surface area (Å²) in [6.07, 6.45) is 0. The lowest BCUT2D eigenvalue weighted by molar-refractivity contribution is 0.586. The lowest BCUT2D eigenvalue weighted by Gasteiger charge is -2.24. The van der Waals surface area contributed by atoms with E-state index in [0.717, 1.165) is 28.1 Å². The van der Waals surface area contributed by atoms with Gasteiger partial charge in [-0.1, -0.05) is 22.0 Å². The van der Waals surface area contributed by atoms with Crippen LogP contribution in [0.2, 0.25) is 0 Å². The Bertz CT molecular complexity index is 326. The minimum absolute atomic E-state index is 0.191. The number of hydrogen-bond acceptors (Lipinski definition) is 2. The van der Waals surface area contributed by atoms with Gasteiger partial charge < -0.3 is 5.32 Å². The van der Waals surface area contributed by atoms with Gasteiger partial charge in [-0.25, -0.2) is 4.39 Å². The first-order valence-electron chi connectivity index (χ1n) is 4.53. The van der Waals surface area contributed by atoms with E-state index in [1.807, 2.05) is 17.8 Å². The van der Waals surface area contributed by atoms with Crippen LogP contribution >= 0.6 is 27.7 Å². The third-order valence-electron chi connectivity index (χ3n) is 2.26. The summed E-state index contributed by atoms with van der Waals surface area (Å²) < 4.78 is 13.7. The molecule has 4 heteroatoms. The summed E-state index contributed by atoms with van der Waals surface area (Å²) in [5.74, 6) is 2.03. The SMILES string of the molecule is Fc1ccc(C2CSCCN2)c(Br)c1. The molecule has 0 aliphatic carbocycles. The Morgan fingerprint density at radius 2 is 2.36 bits per heavy atom. The topological polar surface area (TPSA) is 12.0 Å². The second-order valence-electron chi connectivity index (χ2n) is 3.25. The van der Waals surface area contributed by atoms with E-state index in [2.05, 4.69) is 21.2 Å². The van der Waals surface area contributed by atoms with Crippen LogP contribution in [0, 0.1) is 5.82 Å². The predicted octanol–water partition coefficient (Wildman–Crippen LogP) is 2.97. The van der Waals surface area contributed by atoms with Gasteiger partial charge in [0.1, 0.15) is 5.82 Å². The summed E-state index contributed by atoms with van der Waals surface area (Å²) in [5.41, 5.74) is 1.15. The molecule has 1 atom stereocenters. The fourth-order valence-electron chi connectivity index (χ4n) is 1.55. The van der Waals surface area contributed by atoms with E-state index in [0.29, 0.717) is 6.04 Å². The maximum absolute atomic E-state index is 12.9. The molecule has 1 aliphatic heterocycles. The average molecular weight is 276 g/mol. The second-order valence-corrected chi connectivity index (χ2v) is 5.25. The van der Waals surface area contributed by atoms with Crippen LogP contribution in [0.3, 0.4) is 0 Å². The Hall–Kier alpha value is -0.0600. The summed E-state index contributed by atoms with van der Waals surface area (Å²) in [4.78, 5) is 0. The van der Waals surface area contributed by atoms with Gasteiger partial charge in [-0.05, 0) is 17.7 Å². The van der Waals surface area contributed by atoms with E-state index in [-0.39, 0.29) is 5.82 Å². The summed E-state index contributed by atoms with van der Waals surface area (Å²) >= 11 is 5.33. The molecule has 1 nitrogen and oxygen atoms in total. The number of thioether (sulfide) groups is 1. The highest BCUT2D eigenvalue weighted by Gasteiger charge is 2.17. The van der Waals surface area contributed by atoms with Gasteiger partial charge in [-0.2, -0.15) is 11.8 Å². The standard InChI is InChI=1S/C10H11BrFNS/c11-9-5-7(12)1-2-8(9)10-6-14-4-3-13-10/h1-2,5,10,13H,3-4,6H2. The van der Waals surface area contributed by atoms with E-state index in [4.69, 9.17) is 0 Å². The van der Waals surface area contributed by atoms with Gasteiger partial charge in [-0.3, -0.25) is 0 Å². The molecule has 1 aromatic rings. The van der Waals surface area contributed by atoms with Crippen LogP contribution in [0.15, 0.2) is 22.7 Å². The van der Waals surface area contributed by atoms with E-state index in [9.17, 15) is 4.39 Å². The van der Waals surface area contributed by atoms with Crippen LogP contribution in [0.25, 0.3) is 0 Å². The average Bonchev–Trinajstić information content (AvgIpc) is 2.19. The summed E-state index contributed by atoms with van der Waals surface area (Å²) in [7, 11) is 0. The highest BCUT2D eigenvalue weighted by atomic mass is 79.9. The van der Waals surface area contributed by atoms with Crippen molar-refractivity contribution in [2.45, 2.75) is 6.04 Å². The molecule has 2 rings (SSSR count). The zero-order chi connectivity index (χ0) is 9.97. The van der Waals surface area contributed by atoms with Crippen LogP contribution in [0.1, 0.15) is 11.6 Å². The zero-order valence-electron chi connectivity index (χ0n) is 7.59. The number of halogens is 2. The van der Waals surface area contributed by atoms with Crippen molar-refractivity contribution in [1.82, 2.24) is 5.32 Å². The Morgan fingerprint density at radius 1 is 1.50 bits per heavy atom. The molecule has 76 valence electrons. The number of nitrogens with one attached hydrogen (secondary N) is 1. The number of benzene rings is 1. The molecule has 14 heavy (non-hydrogen) atoms. The van der Waals surface area contributed by atoms with Gasteiger partial charge in [0.05, 0.1) is 0 Å². The van der Waals surface area contributed by atoms with Crippen molar-refractivity contribution in [3.8, 4) is 0 Å². The molecule has 1 fully saturated rings. The molecule has 0 amide bonds. The van der Waals surface area contributed by atoms with Gasteiger partial charge in [0.15, 0.2) is 0 Å². The van der Waals surface area contributed by atoms with Crippen LogP contribution in [0.5, 0.6) is 0 Å². The number of hydrogen-bond donors (Lipinski definition) is 1. The molecular formula is C10H11BrFNS. The number of rotatable bonds is 1. The van der Waals surface area contributed by atoms with Crippen molar-refractivity contribution in [3.63, 3.8) is 0 Å². The molecule has 0 radical (unpaired) electrons. The fourth-order valence-corrected chi connectivity index (χ4v) is 3.14. The van der Waals surface area contributed by atoms with Crippen molar-refractivity contribution in [2.24, 2.45) is 0 Å². The highest BCUT2D eigenvalue weighted by molar-refractivity contribution is 9.10. The van der Waals surface area contributed by atoms with Gasteiger partial charge in [0.2, 0.25) is 0 Å². The largest absolute Gasteiger partial charge is 0.308 e. The maximum Gasteiger partial charge on any atom is 0.124 e. The van der Waals surface area contributed by atoms with Crippen LogP contribution in [0.4, 0.5) is 4.39 Å². The minimum Gasteiger partial charge on any atom is -0.308 e. The smallest absolute Gasteiger partial charge is 0.124 e. The molecule has 1 heterocycles. The first-order valence-corrected chi connectivity index (χ1v) is 6.48. The highest BCUT2D eigenvalue weighted by Crippen LogP contribution is 2.28. The van der Waals surface area contributed by atoms with Crippen LogP contribution in [-0.2, 0) is 0 Å². The van der Waals surface area contributed by atoms with Crippen molar-refractivity contribution in [3.05, 3.63) is 34.1 Å².